The maximum absolute atomic E-state index is 10.7. The first kappa shape index (κ1) is 16.6. The molecule has 0 spiro atoms. The van der Waals surface area contributed by atoms with E-state index in [1.165, 1.54) is 0 Å². The maximum Gasteiger partial charge on any atom is 0.137 e. The van der Waals surface area contributed by atoms with Crippen LogP contribution in [-0.4, -0.2) is 37.1 Å². The van der Waals surface area contributed by atoms with Crippen LogP contribution in [0.3, 0.4) is 0 Å². The van der Waals surface area contributed by atoms with E-state index in [2.05, 4.69) is 26.1 Å². The Hall–Kier alpha value is -3.51. The number of aryl methyl sites for hydroxylation is 1. The van der Waals surface area contributed by atoms with Crippen molar-refractivity contribution in [1.29, 1.82) is 0 Å². The van der Waals surface area contributed by atoms with Gasteiger partial charge in [-0.05, 0) is 23.3 Å². The molecular formula is C22H19N5O. The third-order valence-corrected chi connectivity index (χ3v) is 5.07. The van der Waals surface area contributed by atoms with E-state index in [4.69, 9.17) is 0 Å². The molecule has 0 radical (unpaired) electrons. The first-order valence-corrected chi connectivity index (χ1v) is 9.13. The predicted octanol–water partition coefficient (Wildman–Crippen LogP) is 3.43. The summed E-state index contributed by atoms with van der Waals surface area (Å²) in [5, 5.41) is 15.9. The summed E-state index contributed by atoms with van der Waals surface area (Å²) in [5.74, 6) is 0. The highest BCUT2D eigenvalue weighted by Gasteiger charge is 2.20. The minimum Gasteiger partial charge on any atom is -0.384 e. The Morgan fingerprint density at radius 2 is 2.00 bits per heavy atom. The molecule has 3 aromatic heterocycles. The molecule has 0 saturated heterocycles. The molecule has 2 N–H and O–H groups in total. The van der Waals surface area contributed by atoms with E-state index in [-0.39, 0.29) is 0 Å². The largest absolute Gasteiger partial charge is 0.384 e. The zero-order valence-electron chi connectivity index (χ0n) is 15.4. The number of hydrogen-bond acceptors (Lipinski definition) is 4. The summed E-state index contributed by atoms with van der Waals surface area (Å²) in [6.07, 6.45) is 8.91. The lowest BCUT2D eigenvalue weighted by atomic mass is 10.0. The van der Waals surface area contributed by atoms with Gasteiger partial charge in [-0.1, -0.05) is 30.3 Å². The van der Waals surface area contributed by atoms with Crippen LogP contribution in [0.1, 0.15) is 17.2 Å². The number of hydrogen-bond donors (Lipinski definition) is 2. The van der Waals surface area contributed by atoms with E-state index < -0.39 is 6.10 Å². The zero-order valence-corrected chi connectivity index (χ0v) is 15.4. The molecule has 6 nitrogen and oxygen atoms in total. The van der Waals surface area contributed by atoms with Crippen LogP contribution in [0.4, 0.5) is 0 Å². The number of fused-ring (bicyclic) bond motifs is 1. The van der Waals surface area contributed by atoms with Crippen molar-refractivity contribution in [2.75, 3.05) is 6.54 Å². The highest BCUT2D eigenvalue weighted by Crippen LogP contribution is 2.29. The van der Waals surface area contributed by atoms with Crippen molar-refractivity contribution in [3.05, 3.63) is 84.0 Å². The van der Waals surface area contributed by atoms with Crippen molar-refractivity contribution >= 4 is 16.7 Å². The average molecular weight is 369 g/mol. The molecule has 4 aromatic rings. The van der Waals surface area contributed by atoms with Gasteiger partial charge in [0.1, 0.15) is 11.8 Å². The van der Waals surface area contributed by atoms with Crippen LogP contribution in [-0.2, 0) is 7.05 Å². The number of pyridine rings is 1. The van der Waals surface area contributed by atoms with Gasteiger partial charge in [-0.2, -0.15) is 5.10 Å². The van der Waals surface area contributed by atoms with E-state index >= 15 is 0 Å². The SMILES string of the molecule is Cn1cc(-c2cnc3[nH]cc(C4=NCC(C(O)c5ccccc5)=C4)c3c2)cn1. The number of allylic oxidation sites excluding steroid dienone is 1. The third-order valence-electron chi connectivity index (χ3n) is 5.07. The van der Waals surface area contributed by atoms with E-state index in [0.29, 0.717) is 6.54 Å². The van der Waals surface area contributed by atoms with E-state index in [0.717, 1.165) is 44.6 Å². The molecule has 1 unspecified atom stereocenters. The lowest BCUT2D eigenvalue weighted by molar-refractivity contribution is 0.215. The van der Waals surface area contributed by atoms with Crippen molar-refractivity contribution in [2.45, 2.75) is 6.10 Å². The molecule has 0 aliphatic carbocycles. The Morgan fingerprint density at radius 1 is 1.14 bits per heavy atom. The first-order chi connectivity index (χ1) is 13.7. The fourth-order valence-corrected chi connectivity index (χ4v) is 3.56. The smallest absolute Gasteiger partial charge is 0.137 e. The minimum atomic E-state index is -0.642. The lowest BCUT2D eigenvalue weighted by Crippen LogP contribution is -2.02. The number of aliphatic hydroxyl groups excluding tert-OH is 1. The second-order valence-electron chi connectivity index (χ2n) is 6.96. The standard InChI is InChI=1S/C22H19N5O/c1-27-13-17(11-26-27)15-7-18-19(12-25-22(18)24-9-15)20-8-16(10-23-20)21(28)14-5-3-2-4-6-14/h2-9,11-13,21,28H,10H2,1H3,(H,24,25). The number of aromatic amines is 1. The maximum atomic E-state index is 10.7. The molecule has 1 aromatic carbocycles. The van der Waals surface area contributed by atoms with Gasteiger partial charge in [0.2, 0.25) is 0 Å². The Balaban J connectivity index is 1.50. The molecule has 4 heterocycles. The zero-order chi connectivity index (χ0) is 19.1. The Labute approximate surface area is 161 Å². The van der Waals surface area contributed by atoms with Crippen LogP contribution in [0.2, 0.25) is 0 Å². The van der Waals surface area contributed by atoms with Crippen molar-refractivity contribution in [3.63, 3.8) is 0 Å². The number of H-pyrrole nitrogens is 1. The van der Waals surface area contributed by atoms with E-state index in [1.54, 1.807) is 4.68 Å². The van der Waals surface area contributed by atoms with Gasteiger partial charge in [0.25, 0.3) is 0 Å². The van der Waals surface area contributed by atoms with Gasteiger partial charge >= 0.3 is 0 Å². The molecule has 0 fully saturated rings. The summed E-state index contributed by atoms with van der Waals surface area (Å²) in [6, 6.07) is 11.8. The molecule has 0 amide bonds. The van der Waals surface area contributed by atoms with Crippen molar-refractivity contribution in [1.82, 2.24) is 19.7 Å². The molecule has 1 atom stereocenters. The quantitative estimate of drug-likeness (QED) is 0.578. The number of rotatable bonds is 4. The van der Waals surface area contributed by atoms with Crippen LogP contribution < -0.4 is 0 Å². The van der Waals surface area contributed by atoms with Crippen LogP contribution in [0.15, 0.2) is 77.8 Å². The first-order valence-electron chi connectivity index (χ1n) is 9.13. The van der Waals surface area contributed by atoms with Crippen molar-refractivity contribution in [2.24, 2.45) is 12.0 Å². The van der Waals surface area contributed by atoms with Crippen molar-refractivity contribution < 1.29 is 5.11 Å². The van der Waals surface area contributed by atoms with Gasteiger partial charge in [0, 0.05) is 47.7 Å². The Kier molecular flexibility index (Phi) is 3.91. The minimum absolute atomic E-state index is 0.494. The summed E-state index contributed by atoms with van der Waals surface area (Å²) in [6.45, 7) is 0.494. The summed E-state index contributed by atoms with van der Waals surface area (Å²) < 4.78 is 1.78. The number of aromatic nitrogens is 4. The highest BCUT2D eigenvalue weighted by molar-refractivity contribution is 6.17. The van der Waals surface area contributed by atoms with Gasteiger partial charge in [-0.3, -0.25) is 9.67 Å². The van der Waals surface area contributed by atoms with Crippen LogP contribution in [0, 0.1) is 0 Å². The molecule has 0 saturated carbocycles. The molecule has 138 valence electrons. The number of benzene rings is 1. The average Bonchev–Trinajstić information content (AvgIpc) is 3.46. The second kappa shape index (κ2) is 6.58. The van der Waals surface area contributed by atoms with Gasteiger partial charge in [0.05, 0.1) is 18.5 Å². The number of aliphatic hydroxyl groups is 1. The molecule has 0 bridgehead atoms. The van der Waals surface area contributed by atoms with Crippen LogP contribution >= 0.6 is 0 Å². The Morgan fingerprint density at radius 3 is 2.79 bits per heavy atom. The number of nitrogens with one attached hydrogen (secondary N) is 1. The molecule has 6 heteroatoms. The van der Waals surface area contributed by atoms with Gasteiger partial charge in [-0.25, -0.2) is 4.98 Å². The molecular weight excluding hydrogens is 350 g/mol. The topological polar surface area (TPSA) is 79.1 Å². The number of nitrogens with zero attached hydrogens (tertiary/aromatic N) is 4. The lowest BCUT2D eigenvalue weighted by Gasteiger charge is -2.10. The molecule has 5 rings (SSSR count). The molecule has 1 aliphatic rings. The monoisotopic (exact) mass is 369 g/mol. The van der Waals surface area contributed by atoms with Crippen LogP contribution in [0.25, 0.3) is 22.2 Å². The Bertz CT molecular complexity index is 1220. The normalized spacial score (nSPS) is 14.9. The molecule has 28 heavy (non-hydrogen) atoms. The van der Waals surface area contributed by atoms with E-state index in [1.807, 2.05) is 68.2 Å². The highest BCUT2D eigenvalue weighted by atomic mass is 16.3. The third kappa shape index (κ3) is 2.84. The van der Waals surface area contributed by atoms with Crippen LogP contribution in [0.5, 0.6) is 0 Å². The van der Waals surface area contributed by atoms with Crippen molar-refractivity contribution in [3.8, 4) is 11.1 Å². The van der Waals surface area contributed by atoms with Gasteiger partial charge < -0.3 is 10.1 Å². The fraction of sp³-hybridized carbons (Fsp3) is 0.136. The van der Waals surface area contributed by atoms with E-state index in [9.17, 15) is 5.11 Å². The summed E-state index contributed by atoms with van der Waals surface area (Å²) in [7, 11) is 1.90. The fourth-order valence-electron chi connectivity index (χ4n) is 3.56. The van der Waals surface area contributed by atoms with Gasteiger partial charge in [-0.15, -0.1) is 0 Å². The summed E-state index contributed by atoms with van der Waals surface area (Å²) in [5.41, 5.74) is 6.47. The molecule has 1 aliphatic heterocycles. The summed E-state index contributed by atoms with van der Waals surface area (Å²) >= 11 is 0. The number of aliphatic imine (C=N–C) groups is 1. The second-order valence-corrected chi connectivity index (χ2v) is 6.96. The predicted molar refractivity (Wildman–Crippen MR) is 109 cm³/mol. The summed E-state index contributed by atoms with van der Waals surface area (Å²) in [4.78, 5) is 12.4. The van der Waals surface area contributed by atoms with Gasteiger partial charge in [0.15, 0.2) is 0 Å².